The van der Waals surface area contributed by atoms with E-state index >= 15 is 0 Å². The zero-order valence-electron chi connectivity index (χ0n) is 11.4. The first-order valence-electron chi connectivity index (χ1n) is 6.39. The molecule has 0 bridgehead atoms. The van der Waals surface area contributed by atoms with Crippen LogP contribution >= 0.6 is 0 Å². The van der Waals surface area contributed by atoms with E-state index in [2.05, 4.69) is 54.2 Å². The lowest BCUT2D eigenvalue weighted by Gasteiger charge is -2.07. The van der Waals surface area contributed by atoms with E-state index in [0.717, 1.165) is 18.8 Å². The van der Waals surface area contributed by atoms with Crippen molar-refractivity contribution in [3.05, 3.63) is 36.7 Å². The summed E-state index contributed by atoms with van der Waals surface area (Å²) in [5.41, 5.74) is 0. The second-order valence-corrected chi connectivity index (χ2v) is 4.71. The van der Waals surface area contributed by atoms with Gasteiger partial charge in [0.05, 0.1) is 13.2 Å². The highest BCUT2D eigenvalue weighted by atomic mass is 16.5. The van der Waals surface area contributed by atoms with Crippen LogP contribution in [0.3, 0.4) is 0 Å². The first-order valence-corrected chi connectivity index (χ1v) is 6.39. The van der Waals surface area contributed by atoms with Gasteiger partial charge in [-0.15, -0.1) is 0 Å². The van der Waals surface area contributed by atoms with Gasteiger partial charge in [0, 0.05) is 11.5 Å². The number of fused-ring (bicyclic) bond motifs is 1. The van der Waals surface area contributed by atoms with Gasteiger partial charge in [-0.2, -0.15) is 0 Å². The van der Waals surface area contributed by atoms with Gasteiger partial charge in [-0.05, 0) is 44.6 Å². The van der Waals surface area contributed by atoms with Crippen molar-refractivity contribution >= 4 is 10.8 Å². The van der Waals surface area contributed by atoms with E-state index in [4.69, 9.17) is 4.74 Å². The van der Waals surface area contributed by atoms with Gasteiger partial charge in [0.15, 0.2) is 18.9 Å². The molecule has 0 aliphatic rings. The minimum Gasteiger partial charge on any atom is -0.494 e. The first-order chi connectivity index (χ1) is 8.69. The summed E-state index contributed by atoms with van der Waals surface area (Å²) in [6, 6.07) is 8.39. The van der Waals surface area contributed by atoms with E-state index in [1.54, 1.807) is 0 Å². The molecule has 0 saturated carbocycles. The third kappa shape index (κ3) is 3.20. The fourth-order valence-corrected chi connectivity index (χ4v) is 1.92. The molecule has 3 nitrogen and oxygen atoms in total. The van der Waals surface area contributed by atoms with Gasteiger partial charge in [-0.1, -0.05) is 0 Å². The molecule has 1 heterocycles. The highest BCUT2D eigenvalue weighted by molar-refractivity contribution is 5.82. The molecule has 0 amide bonds. The number of hydrogen-bond acceptors (Lipinski definition) is 2. The third-order valence-corrected chi connectivity index (χ3v) is 2.93. The molecular formula is C15H21N2O+. The molecule has 18 heavy (non-hydrogen) atoms. The minimum absolute atomic E-state index is 0.709. The summed E-state index contributed by atoms with van der Waals surface area (Å²) in [6.45, 7) is 4.77. The fraction of sp³-hybridized carbons (Fsp3) is 0.400. The van der Waals surface area contributed by atoms with Crippen molar-refractivity contribution in [1.29, 1.82) is 0 Å². The van der Waals surface area contributed by atoms with Gasteiger partial charge < -0.3 is 9.64 Å². The second kappa shape index (κ2) is 5.83. The molecule has 0 N–H and O–H groups in total. The predicted octanol–water partition coefficient (Wildman–Crippen LogP) is 2.09. The molecule has 0 radical (unpaired) electrons. The lowest BCUT2D eigenvalue weighted by atomic mass is 10.1. The van der Waals surface area contributed by atoms with Crippen LogP contribution in [0.5, 0.6) is 5.75 Å². The molecule has 0 atom stereocenters. The average Bonchev–Trinajstić information content (AvgIpc) is 2.36. The molecule has 96 valence electrons. The average molecular weight is 245 g/mol. The molecule has 2 aromatic rings. The molecule has 0 aliphatic heterocycles. The van der Waals surface area contributed by atoms with E-state index in [0.29, 0.717) is 6.61 Å². The van der Waals surface area contributed by atoms with Gasteiger partial charge in [-0.3, -0.25) is 0 Å². The zero-order valence-corrected chi connectivity index (χ0v) is 11.4. The van der Waals surface area contributed by atoms with E-state index in [1.165, 1.54) is 10.8 Å². The Hall–Kier alpha value is -1.61. The molecule has 3 heteroatoms. The van der Waals surface area contributed by atoms with Crippen LogP contribution in [0, 0.1) is 0 Å². The molecule has 2 rings (SSSR count). The van der Waals surface area contributed by atoms with Crippen LogP contribution in [-0.2, 0) is 6.54 Å². The minimum atomic E-state index is 0.709. The zero-order chi connectivity index (χ0) is 13.0. The number of aromatic nitrogens is 1. The van der Waals surface area contributed by atoms with Gasteiger partial charge in [0.2, 0.25) is 0 Å². The van der Waals surface area contributed by atoms with Gasteiger partial charge in [0.1, 0.15) is 5.75 Å². The van der Waals surface area contributed by atoms with E-state index in [-0.39, 0.29) is 0 Å². The summed E-state index contributed by atoms with van der Waals surface area (Å²) < 4.78 is 7.73. The summed E-state index contributed by atoms with van der Waals surface area (Å²) in [4.78, 5) is 2.19. The van der Waals surface area contributed by atoms with Crippen LogP contribution in [0.1, 0.15) is 6.92 Å². The van der Waals surface area contributed by atoms with Crippen molar-refractivity contribution in [1.82, 2.24) is 4.90 Å². The van der Waals surface area contributed by atoms with Crippen LogP contribution in [0.2, 0.25) is 0 Å². The van der Waals surface area contributed by atoms with Gasteiger partial charge >= 0.3 is 0 Å². The second-order valence-electron chi connectivity index (χ2n) is 4.71. The molecule has 0 aliphatic carbocycles. The molecule has 1 aromatic carbocycles. The molecule has 0 saturated heterocycles. The van der Waals surface area contributed by atoms with Crippen molar-refractivity contribution in [2.75, 3.05) is 27.2 Å². The maximum absolute atomic E-state index is 5.51. The lowest BCUT2D eigenvalue weighted by molar-refractivity contribution is -0.695. The fourth-order valence-electron chi connectivity index (χ4n) is 1.92. The van der Waals surface area contributed by atoms with Gasteiger partial charge in [-0.25, -0.2) is 4.57 Å². The molecular weight excluding hydrogens is 224 g/mol. The molecule has 0 fully saturated rings. The van der Waals surface area contributed by atoms with E-state index in [1.807, 2.05) is 13.0 Å². The van der Waals surface area contributed by atoms with Crippen LogP contribution in [-0.4, -0.2) is 32.1 Å². The summed E-state index contributed by atoms with van der Waals surface area (Å²) in [6.07, 6.45) is 4.32. The number of nitrogens with zero attached hydrogens (tertiary/aromatic N) is 2. The largest absolute Gasteiger partial charge is 0.494 e. The third-order valence-electron chi connectivity index (χ3n) is 2.93. The van der Waals surface area contributed by atoms with Crippen molar-refractivity contribution in [3.63, 3.8) is 0 Å². The maximum atomic E-state index is 5.51. The monoisotopic (exact) mass is 245 g/mol. The van der Waals surface area contributed by atoms with Crippen LogP contribution in [0.25, 0.3) is 10.8 Å². The molecule has 0 spiro atoms. The highest BCUT2D eigenvalue weighted by Gasteiger charge is 2.04. The summed E-state index contributed by atoms with van der Waals surface area (Å²) in [5.74, 6) is 0.941. The smallest absolute Gasteiger partial charge is 0.176 e. The molecule has 0 unspecified atom stereocenters. The number of pyridine rings is 1. The Kier molecular flexibility index (Phi) is 4.15. The number of hydrogen-bond donors (Lipinski definition) is 0. The van der Waals surface area contributed by atoms with Crippen LogP contribution in [0.15, 0.2) is 36.7 Å². The molecule has 1 aromatic heterocycles. The Labute approximate surface area is 109 Å². The lowest BCUT2D eigenvalue weighted by Crippen LogP contribution is -2.37. The van der Waals surface area contributed by atoms with Crippen molar-refractivity contribution < 1.29 is 9.30 Å². The Morgan fingerprint density at radius 2 is 2.00 bits per heavy atom. The summed E-state index contributed by atoms with van der Waals surface area (Å²) in [7, 11) is 4.19. The quantitative estimate of drug-likeness (QED) is 0.750. The Morgan fingerprint density at radius 1 is 1.17 bits per heavy atom. The first kappa shape index (κ1) is 12.8. The topological polar surface area (TPSA) is 16.4 Å². The van der Waals surface area contributed by atoms with Crippen LogP contribution in [0.4, 0.5) is 0 Å². The van der Waals surface area contributed by atoms with Crippen molar-refractivity contribution in [2.45, 2.75) is 13.5 Å². The normalized spacial score (nSPS) is 11.1. The standard InChI is InChI=1S/C15H21N2O/c1-4-18-15-6-5-14-12-17(10-9-16(2)3)8-7-13(14)11-15/h5-8,11-12H,4,9-10H2,1-3H3/q+1. The predicted molar refractivity (Wildman–Crippen MR) is 73.9 cm³/mol. The van der Waals surface area contributed by atoms with Crippen molar-refractivity contribution in [2.24, 2.45) is 0 Å². The SMILES string of the molecule is CCOc1ccc2c[n+](CCN(C)C)ccc2c1. The van der Waals surface area contributed by atoms with Gasteiger partial charge in [0.25, 0.3) is 0 Å². The number of rotatable bonds is 5. The van der Waals surface area contributed by atoms with Crippen molar-refractivity contribution in [3.8, 4) is 5.75 Å². The Bertz CT molecular complexity index is 523. The van der Waals surface area contributed by atoms with E-state index in [9.17, 15) is 0 Å². The number of likely N-dealkylation sites (N-methyl/N-ethyl adjacent to an activating group) is 1. The van der Waals surface area contributed by atoms with Crippen LogP contribution < -0.4 is 9.30 Å². The Balaban J connectivity index is 2.21. The highest BCUT2D eigenvalue weighted by Crippen LogP contribution is 2.19. The Morgan fingerprint density at radius 3 is 2.72 bits per heavy atom. The van der Waals surface area contributed by atoms with E-state index < -0.39 is 0 Å². The number of ether oxygens (including phenoxy) is 1. The maximum Gasteiger partial charge on any atom is 0.176 e. The summed E-state index contributed by atoms with van der Waals surface area (Å²) >= 11 is 0. The summed E-state index contributed by atoms with van der Waals surface area (Å²) in [5, 5.41) is 2.47. The number of benzene rings is 1.